The molecule has 0 fully saturated rings. The van der Waals surface area contributed by atoms with Crippen molar-refractivity contribution in [3.8, 4) is 6.07 Å². The van der Waals surface area contributed by atoms with Gasteiger partial charge in [0.15, 0.2) is 0 Å². The molecular weight excluding hydrogens is 122 g/mol. The average molecular weight is 133 g/mol. The Morgan fingerprint density at radius 2 is 2.30 bits per heavy atom. The lowest BCUT2D eigenvalue weighted by Gasteiger charge is -1.91. The monoisotopic (exact) mass is 133 g/mol. The van der Waals surface area contributed by atoms with Crippen LogP contribution >= 0.6 is 0 Å². The number of nitrogens with zero attached hydrogens (tertiary/aromatic N) is 1. The number of hydrogen-bond donors (Lipinski definition) is 0. The molecule has 0 unspecified atom stereocenters. The molecule has 0 N–H and O–H groups in total. The van der Waals surface area contributed by atoms with E-state index in [1.807, 2.05) is 19.1 Å². The summed E-state index contributed by atoms with van der Waals surface area (Å²) < 4.78 is 0. The number of hydrogen-bond acceptors (Lipinski definition) is 1. The van der Waals surface area contributed by atoms with Gasteiger partial charge in [0.25, 0.3) is 0 Å². The first-order valence-corrected chi connectivity index (χ1v) is 3.06. The van der Waals surface area contributed by atoms with Gasteiger partial charge in [0.2, 0.25) is 0 Å². The summed E-state index contributed by atoms with van der Waals surface area (Å²) in [6.07, 6.45) is 3.99. The van der Waals surface area contributed by atoms with Crippen LogP contribution in [0.2, 0.25) is 0 Å². The molecule has 0 saturated carbocycles. The van der Waals surface area contributed by atoms with Gasteiger partial charge in [-0.05, 0) is 12.5 Å². The van der Waals surface area contributed by atoms with Gasteiger partial charge in [0, 0.05) is 0 Å². The highest BCUT2D eigenvalue weighted by atomic mass is 14.2. The summed E-state index contributed by atoms with van der Waals surface area (Å²) >= 11 is 0. The summed E-state index contributed by atoms with van der Waals surface area (Å²) in [4.78, 5) is 0. The van der Waals surface area contributed by atoms with Crippen LogP contribution in [0.3, 0.4) is 0 Å². The lowest BCUT2D eigenvalue weighted by Crippen LogP contribution is -1.74. The number of nitriles is 1. The molecular formula is C9H11N. The van der Waals surface area contributed by atoms with Crippen molar-refractivity contribution >= 4 is 0 Å². The fourth-order valence-corrected chi connectivity index (χ4v) is 0.533. The molecule has 0 aliphatic carbocycles. The third kappa shape index (κ3) is 3.68. The summed E-state index contributed by atoms with van der Waals surface area (Å²) in [5.74, 6) is 0. The molecule has 0 atom stereocenters. The van der Waals surface area contributed by atoms with Crippen LogP contribution in [0.1, 0.15) is 13.3 Å². The Hall–Kier alpha value is -1.29. The maximum absolute atomic E-state index is 8.26. The fourth-order valence-electron chi connectivity index (χ4n) is 0.533. The highest BCUT2D eigenvalue weighted by Gasteiger charge is 1.86. The molecule has 52 valence electrons. The van der Waals surface area contributed by atoms with Crippen molar-refractivity contribution in [1.29, 1.82) is 5.26 Å². The fraction of sp³-hybridized carbons (Fsp3) is 0.222. The maximum Gasteiger partial charge on any atom is 0.0669 e. The molecule has 0 aromatic heterocycles. The Balaban J connectivity index is 4.02. The Labute approximate surface area is 62.0 Å². The van der Waals surface area contributed by atoms with Crippen LogP contribution in [-0.4, -0.2) is 0 Å². The molecule has 0 aliphatic rings. The highest BCUT2D eigenvalue weighted by Crippen LogP contribution is 2.03. The third-order valence-electron chi connectivity index (χ3n) is 1.06. The number of rotatable bonds is 3. The summed E-state index contributed by atoms with van der Waals surface area (Å²) in [6.45, 7) is 9.19. The van der Waals surface area contributed by atoms with E-state index in [1.54, 1.807) is 6.08 Å². The molecule has 0 rings (SSSR count). The molecule has 0 aromatic carbocycles. The summed E-state index contributed by atoms with van der Waals surface area (Å²) in [7, 11) is 0. The first-order chi connectivity index (χ1) is 4.70. The van der Waals surface area contributed by atoms with Gasteiger partial charge >= 0.3 is 0 Å². The van der Waals surface area contributed by atoms with Gasteiger partial charge in [-0.1, -0.05) is 30.9 Å². The van der Waals surface area contributed by atoms with Gasteiger partial charge in [0.05, 0.1) is 12.5 Å². The average Bonchev–Trinajstić information content (AvgIpc) is 1.88. The van der Waals surface area contributed by atoms with Crippen LogP contribution in [0.25, 0.3) is 0 Å². The van der Waals surface area contributed by atoms with Crippen LogP contribution in [-0.2, 0) is 0 Å². The second kappa shape index (κ2) is 4.58. The SMILES string of the molecule is C=C/C(C)=C\C(=C)CC#N. The molecule has 0 saturated heterocycles. The van der Waals surface area contributed by atoms with Gasteiger partial charge in [-0.2, -0.15) is 5.26 Å². The maximum atomic E-state index is 8.26. The molecule has 1 heteroatoms. The van der Waals surface area contributed by atoms with Gasteiger partial charge in [0.1, 0.15) is 0 Å². The smallest absolute Gasteiger partial charge is 0.0669 e. The summed E-state index contributed by atoms with van der Waals surface area (Å²) in [6, 6.07) is 2.02. The second-order valence-electron chi connectivity index (χ2n) is 2.09. The van der Waals surface area contributed by atoms with Crippen molar-refractivity contribution in [2.24, 2.45) is 0 Å². The van der Waals surface area contributed by atoms with Gasteiger partial charge in [-0.3, -0.25) is 0 Å². The predicted molar refractivity (Wildman–Crippen MR) is 43.3 cm³/mol. The Morgan fingerprint density at radius 3 is 2.70 bits per heavy atom. The minimum Gasteiger partial charge on any atom is -0.198 e. The van der Waals surface area contributed by atoms with E-state index in [1.165, 1.54) is 0 Å². The van der Waals surface area contributed by atoms with Crippen LogP contribution in [0.15, 0.2) is 36.5 Å². The quantitative estimate of drug-likeness (QED) is 0.543. The second-order valence-corrected chi connectivity index (χ2v) is 2.09. The van der Waals surface area contributed by atoms with Crippen molar-refractivity contribution in [2.45, 2.75) is 13.3 Å². The van der Waals surface area contributed by atoms with E-state index < -0.39 is 0 Å². The Morgan fingerprint density at radius 1 is 1.70 bits per heavy atom. The molecule has 1 nitrogen and oxygen atoms in total. The van der Waals surface area contributed by atoms with Crippen molar-refractivity contribution in [2.75, 3.05) is 0 Å². The van der Waals surface area contributed by atoms with E-state index in [2.05, 4.69) is 13.2 Å². The highest BCUT2D eigenvalue weighted by molar-refractivity contribution is 5.27. The molecule has 0 heterocycles. The van der Waals surface area contributed by atoms with E-state index in [0.29, 0.717) is 6.42 Å². The molecule has 0 bridgehead atoms. The van der Waals surface area contributed by atoms with Crippen LogP contribution in [0.4, 0.5) is 0 Å². The van der Waals surface area contributed by atoms with Gasteiger partial charge < -0.3 is 0 Å². The molecule has 0 radical (unpaired) electrons. The Kier molecular flexibility index (Phi) is 3.99. The topological polar surface area (TPSA) is 23.8 Å². The molecule has 10 heavy (non-hydrogen) atoms. The largest absolute Gasteiger partial charge is 0.198 e. The Bertz CT molecular complexity index is 203. The number of allylic oxidation sites excluding steroid dienone is 4. The predicted octanol–water partition coefficient (Wildman–Crippen LogP) is 2.59. The minimum atomic E-state index is 0.394. The minimum absolute atomic E-state index is 0.394. The zero-order valence-electron chi connectivity index (χ0n) is 6.22. The molecule has 0 aliphatic heterocycles. The van der Waals surface area contributed by atoms with E-state index in [0.717, 1.165) is 11.1 Å². The molecule has 0 amide bonds. The zero-order chi connectivity index (χ0) is 7.98. The van der Waals surface area contributed by atoms with Crippen molar-refractivity contribution < 1.29 is 0 Å². The first-order valence-electron chi connectivity index (χ1n) is 3.06. The van der Waals surface area contributed by atoms with Crippen LogP contribution in [0, 0.1) is 11.3 Å². The van der Waals surface area contributed by atoms with E-state index >= 15 is 0 Å². The van der Waals surface area contributed by atoms with Gasteiger partial charge in [-0.15, -0.1) is 0 Å². The van der Waals surface area contributed by atoms with E-state index in [9.17, 15) is 0 Å². The van der Waals surface area contributed by atoms with Crippen molar-refractivity contribution in [3.63, 3.8) is 0 Å². The van der Waals surface area contributed by atoms with E-state index in [-0.39, 0.29) is 0 Å². The lowest BCUT2D eigenvalue weighted by molar-refractivity contribution is 1.27. The van der Waals surface area contributed by atoms with Crippen LogP contribution in [0.5, 0.6) is 0 Å². The third-order valence-corrected chi connectivity index (χ3v) is 1.06. The summed E-state index contributed by atoms with van der Waals surface area (Å²) in [5, 5.41) is 8.26. The standard InChI is InChI=1S/C9H11N/c1-4-8(2)7-9(3)5-6-10/h4,7H,1,3,5H2,2H3/b8-7-. The van der Waals surface area contributed by atoms with Crippen molar-refractivity contribution in [3.05, 3.63) is 36.5 Å². The summed E-state index contributed by atoms with van der Waals surface area (Å²) in [5.41, 5.74) is 1.88. The zero-order valence-corrected chi connectivity index (χ0v) is 6.22. The molecule has 0 aromatic rings. The van der Waals surface area contributed by atoms with Gasteiger partial charge in [-0.25, -0.2) is 0 Å². The molecule has 0 spiro atoms. The van der Waals surface area contributed by atoms with E-state index in [4.69, 9.17) is 5.26 Å². The van der Waals surface area contributed by atoms with Crippen LogP contribution < -0.4 is 0 Å². The van der Waals surface area contributed by atoms with Crippen molar-refractivity contribution in [1.82, 2.24) is 0 Å². The lowest BCUT2D eigenvalue weighted by atomic mass is 10.1. The first kappa shape index (κ1) is 8.71. The normalized spacial score (nSPS) is 10.2.